The monoisotopic (exact) mass is 379 g/mol. The molecule has 7 nitrogen and oxygen atoms in total. The van der Waals surface area contributed by atoms with Crippen LogP contribution in [0.2, 0.25) is 0 Å². The van der Waals surface area contributed by atoms with Gasteiger partial charge in [-0.1, -0.05) is 18.2 Å². The van der Waals surface area contributed by atoms with E-state index in [0.717, 1.165) is 11.3 Å². The largest absolute Gasteiger partial charge is 0.349 e. The highest BCUT2D eigenvalue weighted by Crippen LogP contribution is 2.33. The van der Waals surface area contributed by atoms with Crippen LogP contribution in [0.5, 0.6) is 0 Å². The summed E-state index contributed by atoms with van der Waals surface area (Å²) in [7, 11) is 0. The summed E-state index contributed by atoms with van der Waals surface area (Å²) < 4.78 is 15.1. The molecule has 2 atom stereocenters. The minimum Gasteiger partial charge on any atom is -0.349 e. The number of amides is 2. The highest BCUT2D eigenvalue weighted by molar-refractivity contribution is 6.01. The van der Waals surface area contributed by atoms with E-state index < -0.39 is 11.7 Å². The molecular weight excluding hydrogens is 361 g/mol. The molecule has 3 aromatic rings. The van der Waals surface area contributed by atoms with Crippen LogP contribution in [-0.2, 0) is 9.59 Å². The van der Waals surface area contributed by atoms with Gasteiger partial charge in [0.15, 0.2) is 0 Å². The van der Waals surface area contributed by atoms with E-state index >= 15 is 0 Å². The standard InChI is InChI=1S/C20H18FN5O2/c1-12(13-2-5-15(6-3-13)26-11-22-10-23-26)24-20(28)17-9-19(27)25-18-8-14(21)4-7-16(17)18/h2-8,10-12,17H,9H2,1H3,(H,24,28)(H,25,27). The van der Waals surface area contributed by atoms with Gasteiger partial charge in [-0.2, -0.15) is 5.10 Å². The Morgan fingerprint density at radius 2 is 2.07 bits per heavy atom. The number of hydrogen-bond acceptors (Lipinski definition) is 4. The third-order valence-electron chi connectivity index (χ3n) is 4.81. The van der Waals surface area contributed by atoms with Crippen LogP contribution in [0.15, 0.2) is 55.1 Å². The van der Waals surface area contributed by atoms with Crippen LogP contribution in [0.1, 0.15) is 36.4 Å². The van der Waals surface area contributed by atoms with Crippen molar-refractivity contribution in [3.8, 4) is 5.69 Å². The van der Waals surface area contributed by atoms with Gasteiger partial charge in [0.1, 0.15) is 18.5 Å². The molecule has 1 aliphatic rings. The predicted molar refractivity (Wildman–Crippen MR) is 100 cm³/mol. The first-order valence-corrected chi connectivity index (χ1v) is 8.86. The van der Waals surface area contributed by atoms with Gasteiger partial charge in [-0.25, -0.2) is 14.1 Å². The van der Waals surface area contributed by atoms with Crippen LogP contribution in [-0.4, -0.2) is 26.6 Å². The molecule has 4 rings (SSSR count). The highest BCUT2D eigenvalue weighted by atomic mass is 19.1. The molecule has 0 saturated heterocycles. The fraction of sp³-hybridized carbons (Fsp3) is 0.200. The maximum absolute atomic E-state index is 13.5. The van der Waals surface area contributed by atoms with Gasteiger partial charge in [0.05, 0.1) is 17.6 Å². The van der Waals surface area contributed by atoms with E-state index in [9.17, 15) is 14.0 Å². The van der Waals surface area contributed by atoms with E-state index in [1.807, 2.05) is 31.2 Å². The Morgan fingerprint density at radius 1 is 1.29 bits per heavy atom. The number of carbonyl (C=O) groups is 2. The second-order valence-corrected chi connectivity index (χ2v) is 6.70. The molecule has 2 amide bonds. The molecule has 0 saturated carbocycles. The number of aromatic nitrogens is 3. The van der Waals surface area contributed by atoms with Crippen molar-refractivity contribution in [2.75, 3.05) is 5.32 Å². The van der Waals surface area contributed by atoms with Gasteiger partial charge in [-0.15, -0.1) is 0 Å². The molecule has 1 aliphatic heterocycles. The number of benzene rings is 2. The second kappa shape index (κ2) is 7.22. The highest BCUT2D eigenvalue weighted by Gasteiger charge is 2.31. The number of halogens is 1. The zero-order valence-electron chi connectivity index (χ0n) is 15.1. The molecule has 2 aromatic carbocycles. The number of rotatable bonds is 4. The topological polar surface area (TPSA) is 88.9 Å². The molecule has 0 spiro atoms. The minimum absolute atomic E-state index is 0.0302. The van der Waals surface area contributed by atoms with E-state index in [1.54, 1.807) is 17.1 Å². The SMILES string of the molecule is CC(NC(=O)C1CC(=O)Nc2cc(F)ccc21)c1ccc(-n2cncn2)cc1. The molecule has 0 fully saturated rings. The Balaban J connectivity index is 1.50. The molecule has 142 valence electrons. The molecule has 8 heteroatoms. The summed E-state index contributed by atoms with van der Waals surface area (Å²) in [5.41, 5.74) is 2.74. The lowest BCUT2D eigenvalue weighted by Gasteiger charge is -2.26. The lowest BCUT2D eigenvalue weighted by molar-refractivity contribution is -0.126. The van der Waals surface area contributed by atoms with Crippen molar-refractivity contribution in [2.24, 2.45) is 0 Å². The number of hydrogen-bond donors (Lipinski definition) is 2. The van der Waals surface area contributed by atoms with E-state index in [2.05, 4.69) is 20.7 Å². The number of nitrogens with one attached hydrogen (secondary N) is 2. The average Bonchev–Trinajstić information content (AvgIpc) is 3.21. The second-order valence-electron chi connectivity index (χ2n) is 6.70. The van der Waals surface area contributed by atoms with Crippen LogP contribution < -0.4 is 10.6 Å². The van der Waals surface area contributed by atoms with Crippen LogP contribution in [0.3, 0.4) is 0 Å². The maximum atomic E-state index is 13.5. The summed E-state index contributed by atoms with van der Waals surface area (Å²) in [6.07, 6.45) is 3.10. The normalized spacial score (nSPS) is 16.8. The van der Waals surface area contributed by atoms with Crippen molar-refractivity contribution in [1.82, 2.24) is 20.1 Å². The van der Waals surface area contributed by atoms with Crippen molar-refractivity contribution in [2.45, 2.75) is 25.3 Å². The first kappa shape index (κ1) is 17.8. The summed E-state index contributed by atoms with van der Waals surface area (Å²) >= 11 is 0. The molecule has 0 aliphatic carbocycles. The smallest absolute Gasteiger partial charge is 0.228 e. The van der Waals surface area contributed by atoms with E-state index in [0.29, 0.717) is 11.3 Å². The van der Waals surface area contributed by atoms with Gasteiger partial charge >= 0.3 is 0 Å². The van der Waals surface area contributed by atoms with Crippen LogP contribution in [0.25, 0.3) is 5.69 Å². The van der Waals surface area contributed by atoms with Crippen LogP contribution in [0, 0.1) is 5.82 Å². The van der Waals surface area contributed by atoms with Crippen molar-refractivity contribution in [3.05, 3.63) is 72.1 Å². The maximum Gasteiger partial charge on any atom is 0.228 e. The molecule has 2 N–H and O–H groups in total. The van der Waals surface area contributed by atoms with Crippen molar-refractivity contribution >= 4 is 17.5 Å². The molecule has 2 unspecified atom stereocenters. The summed E-state index contributed by atoms with van der Waals surface area (Å²) in [6.45, 7) is 1.87. The molecule has 28 heavy (non-hydrogen) atoms. The van der Waals surface area contributed by atoms with Gasteiger partial charge in [0, 0.05) is 12.1 Å². The summed E-state index contributed by atoms with van der Waals surface area (Å²) in [4.78, 5) is 28.7. The Bertz CT molecular complexity index is 1020. The third-order valence-corrected chi connectivity index (χ3v) is 4.81. The fourth-order valence-electron chi connectivity index (χ4n) is 3.33. The first-order valence-electron chi connectivity index (χ1n) is 8.86. The zero-order valence-corrected chi connectivity index (χ0v) is 15.1. The van der Waals surface area contributed by atoms with Gasteiger partial charge in [-0.3, -0.25) is 9.59 Å². The van der Waals surface area contributed by atoms with Gasteiger partial charge in [-0.05, 0) is 42.3 Å². The number of carbonyl (C=O) groups excluding carboxylic acids is 2. The van der Waals surface area contributed by atoms with E-state index in [4.69, 9.17) is 0 Å². The quantitative estimate of drug-likeness (QED) is 0.729. The molecule has 0 bridgehead atoms. The van der Waals surface area contributed by atoms with Crippen LogP contribution >= 0.6 is 0 Å². The van der Waals surface area contributed by atoms with Gasteiger partial charge < -0.3 is 10.6 Å². The minimum atomic E-state index is -0.652. The molecule has 2 heterocycles. The van der Waals surface area contributed by atoms with Crippen molar-refractivity contribution < 1.29 is 14.0 Å². The Hall–Kier alpha value is -3.55. The summed E-state index contributed by atoms with van der Waals surface area (Å²) in [5.74, 6) is -1.68. The molecule has 1 aromatic heterocycles. The van der Waals surface area contributed by atoms with Crippen molar-refractivity contribution in [3.63, 3.8) is 0 Å². The lowest BCUT2D eigenvalue weighted by atomic mass is 9.89. The van der Waals surface area contributed by atoms with E-state index in [1.165, 1.54) is 18.5 Å². The lowest BCUT2D eigenvalue weighted by Crippen LogP contribution is -2.36. The van der Waals surface area contributed by atoms with Crippen LogP contribution in [0.4, 0.5) is 10.1 Å². The number of nitrogens with zero attached hydrogens (tertiary/aromatic N) is 3. The van der Waals surface area contributed by atoms with Gasteiger partial charge in [0.25, 0.3) is 0 Å². The first-order chi connectivity index (χ1) is 13.5. The van der Waals surface area contributed by atoms with Crippen molar-refractivity contribution in [1.29, 1.82) is 0 Å². The Morgan fingerprint density at radius 3 is 2.79 bits per heavy atom. The zero-order chi connectivity index (χ0) is 19.7. The average molecular weight is 379 g/mol. The molecular formula is C20H18FN5O2. The number of anilines is 1. The third kappa shape index (κ3) is 3.48. The predicted octanol–water partition coefficient (Wildman–Crippen LogP) is 2.71. The van der Waals surface area contributed by atoms with E-state index in [-0.39, 0.29) is 24.3 Å². The fourth-order valence-corrected chi connectivity index (χ4v) is 3.33. The molecule has 0 radical (unpaired) electrons. The van der Waals surface area contributed by atoms with Gasteiger partial charge in [0.2, 0.25) is 11.8 Å². The summed E-state index contributed by atoms with van der Waals surface area (Å²) in [5, 5.41) is 9.64. The summed E-state index contributed by atoms with van der Waals surface area (Å²) in [6, 6.07) is 11.4. The Kier molecular flexibility index (Phi) is 4.60. The Labute approximate surface area is 160 Å². The number of fused-ring (bicyclic) bond motifs is 1.